The van der Waals surface area contributed by atoms with E-state index in [1.54, 1.807) is 0 Å². The van der Waals surface area contributed by atoms with Crippen molar-refractivity contribution in [1.82, 2.24) is 4.98 Å². The molecule has 1 aromatic rings. The molecule has 0 unspecified atom stereocenters. The quantitative estimate of drug-likeness (QED) is 0.578. The first-order valence-corrected chi connectivity index (χ1v) is 4.99. The molecule has 0 aliphatic rings. The summed E-state index contributed by atoms with van der Waals surface area (Å²) >= 11 is 0. The molecule has 5 heteroatoms. The number of rotatable bonds is 6. The van der Waals surface area contributed by atoms with Crippen LogP contribution >= 0.6 is 0 Å². The number of pyridine rings is 1. The van der Waals surface area contributed by atoms with Crippen molar-refractivity contribution < 1.29 is 14.7 Å². The molecule has 0 aromatic carbocycles. The van der Waals surface area contributed by atoms with Gasteiger partial charge in [0.15, 0.2) is 0 Å². The normalized spacial score (nSPS) is 9.81. The number of carboxylic acid groups (broad SMARTS) is 1. The van der Waals surface area contributed by atoms with Crippen LogP contribution in [0.2, 0.25) is 0 Å². The van der Waals surface area contributed by atoms with E-state index in [0.29, 0.717) is 18.8 Å². The van der Waals surface area contributed by atoms with Gasteiger partial charge in [-0.05, 0) is 18.6 Å². The van der Waals surface area contributed by atoms with Crippen LogP contribution in [0.4, 0.5) is 5.82 Å². The number of aldehydes is 1. The molecule has 1 N–H and O–H groups in total. The minimum Gasteiger partial charge on any atom is -0.478 e. The van der Waals surface area contributed by atoms with Crippen molar-refractivity contribution >= 4 is 18.1 Å². The Bertz CT molecular complexity index is 379. The number of carbonyl (C=O) groups is 2. The van der Waals surface area contributed by atoms with Gasteiger partial charge in [-0.3, -0.25) is 0 Å². The minimum absolute atomic E-state index is 0.215. The minimum atomic E-state index is -0.968. The second-order valence-corrected chi connectivity index (χ2v) is 3.44. The van der Waals surface area contributed by atoms with E-state index in [0.717, 1.165) is 12.7 Å². The van der Waals surface area contributed by atoms with E-state index >= 15 is 0 Å². The van der Waals surface area contributed by atoms with Crippen molar-refractivity contribution in [3.8, 4) is 0 Å². The molecular weight excluding hydrogens is 208 g/mol. The van der Waals surface area contributed by atoms with Crippen LogP contribution in [0.15, 0.2) is 18.3 Å². The molecule has 0 spiro atoms. The highest BCUT2D eigenvalue weighted by Crippen LogP contribution is 2.11. The lowest BCUT2D eigenvalue weighted by Crippen LogP contribution is -2.20. The summed E-state index contributed by atoms with van der Waals surface area (Å²) in [4.78, 5) is 26.8. The molecule has 0 saturated carbocycles. The largest absolute Gasteiger partial charge is 0.478 e. The molecule has 0 aliphatic heterocycles. The Morgan fingerprint density at radius 2 is 2.38 bits per heavy atom. The lowest BCUT2D eigenvalue weighted by molar-refractivity contribution is -0.107. The molecule has 86 valence electrons. The van der Waals surface area contributed by atoms with Gasteiger partial charge in [-0.2, -0.15) is 0 Å². The summed E-state index contributed by atoms with van der Waals surface area (Å²) in [5, 5.41) is 8.81. The Morgan fingerprint density at radius 1 is 1.62 bits per heavy atom. The Morgan fingerprint density at radius 3 is 3.00 bits per heavy atom. The SMILES string of the molecule is CN(CCCC=O)c1cc(C(=O)O)ccn1. The predicted octanol–water partition coefficient (Wildman–Crippen LogP) is 1.20. The highest BCUT2D eigenvalue weighted by atomic mass is 16.4. The fourth-order valence-corrected chi connectivity index (χ4v) is 1.29. The van der Waals surface area contributed by atoms with Gasteiger partial charge in [0.25, 0.3) is 0 Å². The van der Waals surface area contributed by atoms with Gasteiger partial charge in [-0.1, -0.05) is 0 Å². The average Bonchev–Trinajstić information content (AvgIpc) is 2.29. The maximum atomic E-state index is 10.7. The van der Waals surface area contributed by atoms with Gasteiger partial charge < -0.3 is 14.8 Å². The Kier molecular flexibility index (Phi) is 4.44. The molecule has 0 saturated heterocycles. The molecule has 0 aliphatic carbocycles. The van der Waals surface area contributed by atoms with E-state index < -0.39 is 5.97 Å². The van der Waals surface area contributed by atoms with Crippen LogP contribution < -0.4 is 4.90 Å². The first kappa shape index (κ1) is 12.2. The first-order valence-electron chi connectivity index (χ1n) is 4.99. The van der Waals surface area contributed by atoms with Crippen LogP contribution in [-0.2, 0) is 4.79 Å². The molecule has 0 atom stereocenters. The van der Waals surface area contributed by atoms with E-state index in [2.05, 4.69) is 4.98 Å². The Balaban J connectivity index is 2.67. The number of hydrogen-bond donors (Lipinski definition) is 1. The third kappa shape index (κ3) is 3.34. The molecule has 1 heterocycles. The van der Waals surface area contributed by atoms with Crippen LogP contribution in [0.1, 0.15) is 23.2 Å². The van der Waals surface area contributed by atoms with Gasteiger partial charge in [-0.15, -0.1) is 0 Å². The number of anilines is 1. The van der Waals surface area contributed by atoms with Crippen LogP contribution in [0.3, 0.4) is 0 Å². The van der Waals surface area contributed by atoms with Crippen molar-refractivity contribution in [3.05, 3.63) is 23.9 Å². The highest BCUT2D eigenvalue weighted by Gasteiger charge is 2.07. The molecule has 0 fully saturated rings. The monoisotopic (exact) mass is 222 g/mol. The maximum absolute atomic E-state index is 10.7. The third-order valence-corrected chi connectivity index (χ3v) is 2.20. The van der Waals surface area contributed by atoms with Crippen LogP contribution in [0.25, 0.3) is 0 Å². The summed E-state index contributed by atoms with van der Waals surface area (Å²) in [5.41, 5.74) is 0.215. The average molecular weight is 222 g/mol. The summed E-state index contributed by atoms with van der Waals surface area (Å²) in [5.74, 6) is -0.365. The van der Waals surface area contributed by atoms with E-state index in [9.17, 15) is 9.59 Å². The van der Waals surface area contributed by atoms with Gasteiger partial charge in [-0.25, -0.2) is 9.78 Å². The van der Waals surface area contributed by atoms with Gasteiger partial charge in [0.05, 0.1) is 5.56 Å². The Labute approximate surface area is 93.7 Å². The van der Waals surface area contributed by atoms with Crippen molar-refractivity contribution in [2.75, 3.05) is 18.5 Å². The van der Waals surface area contributed by atoms with E-state index in [1.807, 2.05) is 11.9 Å². The molecular formula is C11H14N2O3. The summed E-state index contributed by atoms with van der Waals surface area (Å²) < 4.78 is 0. The number of aromatic nitrogens is 1. The number of unbranched alkanes of at least 4 members (excludes halogenated alkanes) is 1. The van der Waals surface area contributed by atoms with Crippen molar-refractivity contribution in [1.29, 1.82) is 0 Å². The zero-order valence-electron chi connectivity index (χ0n) is 9.09. The summed E-state index contributed by atoms with van der Waals surface area (Å²) in [7, 11) is 1.82. The van der Waals surface area contributed by atoms with E-state index in [4.69, 9.17) is 5.11 Å². The maximum Gasteiger partial charge on any atom is 0.335 e. The molecule has 1 aromatic heterocycles. The number of hydrogen-bond acceptors (Lipinski definition) is 4. The summed E-state index contributed by atoms with van der Waals surface area (Å²) in [6.45, 7) is 0.675. The van der Waals surface area contributed by atoms with Gasteiger partial charge in [0.1, 0.15) is 12.1 Å². The van der Waals surface area contributed by atoms with Crippen LogP contribution in [0.5, 0.6) is 0 Å². The lowest BCUT2D eigenvalue weighted by Gasteiger charge is -2.17. The molecule has 0 bridgehead atoms. The number of nitrogens with zero attached hydrogens (tertiary/aromatic N) is 2. The summed E-state index contributed by atoms with van der Waals surface area (Å²) in [6.07, 6.45) is 3.58. The highest BCUT2D eigenvalue weighted by molar-refractivity contribution is 5.88. The van der Waals surface area contributed by atoms with Crippen molar-refractivity contribution in [3.63, 3.8) is 0 Å². The fourth-order valence-electron chi connectivity index (χ4n) is 1.29. The number of aromatic carboxylic acids is 1. The zero-order chi connectivity index (χ0) is 12.0. The second-order valence-electron chi connectivity index (χ2n) is 3.44. The Hall–Kier alpha value is -1.91. The van der Waals surface area contributed by atoms with Crippen LogP contribution in [0, 0.1) is 0 Å². The predicted molar refractivity (Wildman–Crippen MR) is 59.8 cm³/mol. The van der Waals surface area contributed by atoms with Crippen LogP contribution in [-0.4, -0.2) is 35.9 Å². The molecule has 1 rings (SSSR count). The third-order valence-electron chi connectivity index (χ3n) is 2.20. The van der Waals surface area contributed by atoms with Gasteiger partial charge >= 0.3 is 5.97 Å². The molecule has 16 heavy (non-hydrogen) atoms. The standard InChI is InChI=1S/C11H14N2O3/c1-13(6-2-3-7-14)10-8-9(11(15)16)4-5-12-10/h4-5,7-8H,2-3,6H2,1H3,(H,15,16). The van der Waals surface area contributed by atoms with Gasteiger partial charge in [0, 0.05) is 26.2 Å². The second kappa shape index (κ2) is 5.85. The zero-order valence-corrected chi connectivity index (χ0v) is 9.09. The molecule has 0 radical (unpaired) electrons. The summed E-state index contributed by atoms with van der Waals surface area (Å²) in [6, 6.07) is 2.97. The van der Waals surface area contributed by atoms with Gasteiger partial charge in [0.2, 0.25) is 0 Å². The molecule has 5 nitrogen and oxygen atoms in total. The van der Waals surface area contributed by atoms with Crippen molar-refractivity contribution in [2.24, 2.45) is 0 Å². The van der Waals surface area contributed by atoms with E-state index in [-0.39, 0.29) is 5.56 Å². The van der Waals surface area contributed by atoms with Crippen molar-refractivity contribution in [2.45, 2.75) is 12.8 Å². The number of carbonyl (C=O) groups excluding carboxylic acids is 1. The topological polar surface area (TPSA) is 70.5 Å². The first-order chi connectivity index (χ1) is 7.65. The number of carboxylic acids is 1. The van der Waals surface area contributed by atoms with E-state index in [1.165, 1.54) is 18.3 Å². The smallest absolute Gasteiger partial charge is 0.335 e. The lowest BCUT2D eigenvalue weighted by atomic mass is 10.2. The fraction of sp³-hybridized carbons (Fsp3) is 0.364. The molecule has 0 amide bonds.